The molecule has 100 valence electrons. The van der Waals surface area contributed by atoms with E-state index in [0.717, 1.165) is 5.56 Å². The molecule has 0 bridgehead atoms. The topological polar surface area (TPSA) is 88.0 Å². The van der Waals surface area contributed by atoms with Gasteiger partial charge in [0.05, 0.1) is 18.5 Å². The molecule has 1 heterocycles. The quantitative estimate of drug-likeness (QED) is 0.280. The summed E-state index contributed by atoms with van der Waals surface area (Å²) < 4.78 is 4.60. The van der Waals surface area contributed by atoms with E-state index in [-0.39, 0.29) is 16.4 Å². The van der Waals surface area contributed by atoms with Gasteiger partial charge in [0.1, 0.15) is 10.7 Å². The molecule has 0 fully saturated rings. The van der Waals surface area contributed by atoms with E-state index in [1.165, 1.54) is 13.2 Å². The predicted molar refractivity (Wildman–Crippen MR) is 74.8 cm³/mol. The minimum absolute atomic E-state index is 0.0494. The maximum atomic E-state index is 11.6. The molecule has 1 aromatic carbocycles. The number of rotatable bonds is 3. The molecule has 0 saturated carbocycles. The number of halogens is 1. The standard InChI is InChI=1S/C13H9ClN4O2/c1-20-13(19)11-10(17-18-15)7-9(16-12(11)14)8-5-3-2-4-6-8/h2-7H,1H3. The van der Waals surface area contributed by atoms with Gasteiger partial charge in [0, 0.05) is 10.5 Å². The van der Waals surface area contributed by atoms with E-state index < -0.39 is 5.97 Å². The van der Waals surface area contributed by atoms with Crippen molar-refractivity contribution in [2.24, 2.45) is 5.11 Å². The fourth-order valence-electron chi connectivity index (χ4n) is 1.68. The van der Waals surface area contributed by atoms with Gasteiger partial charge in [-0.1, -0.05) is 47.0 Å². The van der Waals surface area contributed by atoms with E-state index in [9.17, 15) is 4.79 Å². The van der Waals surface area contributed by atoms with Crippen molar-refractivity contribution < 1.29 is 9.53 Å². The smallest absolute Gasteiger partial charge is 0.341 e. The summed E-state index contributed by atoms with van der Waals surface area (Å²) in [5.41, 5.74) is 9.92. The highest BCUT2D eigenvalue weighted by Gasteiger charge is 2.18. The van der Waals surface area contributed by atoms with E-state index >= 15 is 0 Å². The molecule has 0 N–H and O–H groups in total. The zero-order valence-electron chi connectivity index (χ0n) is 10.4. The van der Waals surface area contributed by atoms with Crippen LogP contribution >= 0.6 is 11.6 Å². The van der Waals surface area contributed by atoms with Gasteiger partial charge in [-0.2, -0.15) is 0 Å². The number of carbonyl (C=O) groups is 1. The van der Waals surface area contributed by atoms with Gasteiger partial charge in [-0.15, -0.1) is 0 Å². The normalized spacial score (nSPS) is 9.70. The van der Waals surface area contributed by atoms with Crippen LogP contribution in [0.25, 0.3) is 21.7 Å². The number of benzene rings is 1. The summed E-state index contributed by atoms with van der Waals surface area (Å²) in [6.07, 6.45) is 0. The van der Waals surface area contributed by atoms with Gasteiger partial charge in [-0.05, 0) is 11.6 Å². The van der Waals surface area contributed by atoms with Crippen LogP contribution in [0.15, 0.2) is 41.5 Å². The summed E-state index contributed by atoms with van der Waals surface area (Å²) in [5.74, 6) is -0.704. The number of aromatic nitrogens is 1. The van der Waals surface area contributed by atoms with Crippen LogP contribution in [0.4, 0.5) is 5.69 Å². The molecule has 0 saturated heterocycles. The number of carbonyl (C=O) groups excluding carboxylic acids is 1. The molecule has 0 radical (unpaired) electrons. The van der Waals surface area contributed by atoms with Crippen molar-refractivity contribution in [2.75, 3.05) is 7.11 Å². The second kappa shape index (κ2) is 6.06. The molecule has 0 aliphatic carbocycles. The van der Waals surface area contributed by atoms with Gasteiger partial charge in [-0.25, -0.2) is 9.78 Å². The van der Waals surface area contributed by atoms with Crippen molar-refractivity contribution in [3.8, 4) is 11.3 Å². The molecule has 6 nitrogen and oxygen atoms in total. The first-order valence-electron chi connectivity index (χ1n) is 5.56. The Bertz CT molecular complexity index is 697. The second-order valence-corrected chi connectivity index (χ2v) is 4.10. The van der Waals surface area contributed by atoms with Crippen molar-refractivity contribution in [3.05, 3.63) is 57.6 Å². The summed E-state index contributed by atoms with van der Waals surface area (Å²) in [5, 5.41) is 3.41. The third kappa shape index (κ3) is 2.71. The van der Waals surface area contributed by atoms with Crippen LogP contribution in [-0.4, -0.2) is 18.1 Å². The molecule has 20 heavy (non-hydrogen) atoms. The van der Waals surface area contributed by atoms with Crippen LogP contribution in [0.1, 0.15) is 10.4 Å². The third-order valence-corrected chi connectivity index (χ3v) is 2.84. The summed E-state index contributed by atoms with van der Waals surface area (Å²) in [4.78, 5) is 18.5. The Hall–Kier alpha value is -2.56. The zero-order chi connectivity index (χ0) is 14.5. The number of ether oxygens (including phenoxy) is 1. The monoisotopic (exact) mass is 288 g/mol. The molecule has 2 rings (SSSR count). The average molecular weight is 289 g/mol. The van der Waals surface area contributed by atoms with Crippen molar-refractivity contribution in [1.29, 1.82) is 0 Å². The highest BCUT2D eigenvalue weighted by Crippen LogP contribution is 2.31. The van der Waals surface area contributed by atoms with Crippen molar-refractivity contribution in [3.63, 3.8) is 0 Å². The Morgan fingerprint density at radius 2 is 2.10 bits per heavy atom. The van der Waals surface area contributed by atoms with Crippen LogP contribution in [0.2, 0.25) is 5.15 Å². The highest BCUT2D eigenvalue weighted by molar-refractivity contribution is 6.33. The number of azide groups is 1. The first-order valence-corrected chi connectivity index (χ1v) is 5.94. The van der Waals surface area contributed by atoms with Gasteiger partial charge in [0.25, 0.3) is 0 Å². The molecule has 0 atom stereocenters. The fraction of sp³-hybridized carbons (Fsp3) is 0.0769. The molecule has 0 amide bonds. The maximum absolute atomic E-state index is 11.6. The average Bonchev–Trinajstić information content (AvgIpc) is 2.47. The van der Waals surface area contributed by atoms with Gasteiger partial charge >= 0.3 is 5.97 Å². The minimum atomic E-state index is -0.704. The number of nitrogens with zero attached hydrogens (tertiary/aromatic N) is 4. The predicted octanol–water partition coefficient (Wildman–Crippen LogP) is 4.13. The van der Waals surface area contributed by atoms with Gasteiger partial charge < -0.3 is 4.74 Å². The number of hydrogen-bond donors (Lipinski definition) is 0. The molecule has 2 aromatic rings. The lowest BCUT2D eigenvalue weighted by atomic mass is 10.1. The Kier molecular flexibility index (Phi) is 4.20. The summed E-state index contributed by atoms with van der Waals surface area (Å²) >= 11 is 6.00. The first-order chi connectivity index (χ1) is 9.67. The van der Waals surface area contributed by atoms with Crippen LogP contribution in [-0.2, 0) is 4.74 Å². The number of hydrogen-bond acceptors (Lipinski definition) is 4. The SMILES string of the molecule is COC(=O)c1c(N=[N+]=[N-])cc(-c2ccccc2)nc1Cl. The Labute approximate surface area is 119 Å². The Morgan fingerprint density at radius 1 is 1.40 bits per heavy atom. The van der Waals surface area contributed by atoms with Crippen LogP contribution in [0, 0.1) is 0 Å². The third-order valence-electron chi connectivity index (χ3n) is 2.57. The zero-order valence-corrected chi connectivity index (χ0v) is 11.2. The van der Waals surface area contributed by atoms with E-state index in [2.05, 4.69) is 19.7 Å². The van der Waals surface area contributed by atoms with Crippen molar-refractivity contribution in [1.82, 2.24) is 4.98 Å². The molecule has 7 heteroatoms. The minimum Gasteiger partial charge on any atom is -0.465 e. The Morgan fingerprint density at radius 3 is 2.70 bits per heavy atom. The van der Waals surface area contributed by atoms with E-state index in [1.807, 2.05) is 30.3 Å². The molecule has 1 aromatic heterocycles. The van der Waals surface area contributed by atoms with Gasteiger partial charge in [0.2, 0.25) is 0 Å². The van der Waals surface area contributed by atoms with Gasteiger partial charge in [0.15, 0.2) is 0 Å². The van der Waals surface area contributed by atoms with Crippen LogP contribution in [0.5, 0.6) is 0 Å². The van der Waals surface area contributed by atoms with Crippen LogP contribution < -0.4 is 0 Å². The molecule has 0 aliphatic heterocycles. The van der Waals surface area contributed by atoms with Crippen molar-refractivity contribution in [2.45, 2.75) is 0 Å². The number of pyridine rings is 1. The molecule has 0 unspecified atom stereocenters. The highest BCUT2D eigenvalue weighted by atomic mass is 35.5. The lowest BCUT2D eigenvalue weighted by Crippen LogP contribution is -2.04. The van der Waals surface area contributed by atoms with E-state index in [1.54, 1.807) is 0 Å². The molecule has 0 aliphatic rings. The molecule has 0 spiro atoms. The van der Waals surface area contributed by atoms with E-state index in [0.29, 0.717) is 5.69 Å². The second-order valence-electron chi connectivity index (χ2n) is 3.74. The lowest BCUT2D eigenvalue weighted by Gasteiger charge is -2.08. The largest absolute Gasteiger partial charge is 0.465 e. The van der Waals surface area contributed by atoms with Crippen molar-refractivity contribution >= 4 is 23.3 Å². The fourth-order valence-corrected chi connectivity index (χ4v) is 1.94. The lowest BCUT2D eigenvalue weighted by molar-refractivity contribution is 0.0601. The first kappa shape index (κ1) is 13.9. The number of esters is 1. The molecular formula is C13H9ClN4O2. The summed E-state index contributed by atoms with van der Waals surface area (Å²) in [7, 11) is 1.21. The summed E-state index contributed by atoms with van der Waals surface area (Å²) in [6.45, 7) is 0. The van der Waals surface area contributed by atoms with E-state index in [4.69, 9.17) is 17.1 Å². The summed E-state index contributed by atoms with van der Waals surface area (Å²) in [6, 6.07) is 10.7. The van der Waals surface area contributed by atoms with Crippen LogP contribution in [0.3, 0.4) is 0 Å². The maximum Gasteiger partial charge on any atom is 0.341 e. The Balaban J connectivity index is 2.65. The molecular weight excluding hydrogens is 280 g/mol. The number of methoxy groups -OCH3 is 1. The van der Waals surface area contributed by atoms with Gasteiger partial charge in [-0.3, -0.25) is 0 Å².